The zero-order chi connectivity index (χ0) is 20.1. The van der Waals surface area contributed by atoms with Crippen LogP contribution in [-0.2, 0) is 11.2 Å². The second-order valence-corrected chi connectivity index (χ2v) is 8.04. The molecule has 5 nitrogen and oxygen atoms in total. The maximum absolute atomic E-state index is 12.8. The standard InChI is InChI=1S/C23H33N3O2/c1-5-7-8-19-15-18-16-20(28-4)9-10-21(18)22(26(19)23(27)6-2)17-25-13-11-24(3)12-14-25/h2,9-10,16,19,22H,5,7-8,11-15,17H2,1,3-4H3/t19-,22-/m0/s1. The van der Waals surface area contributed by atoms with E-state index in [4.69, 9.17) is 11.2 Å². The van der Waals surface area contributed by atoms with Gasteiger partial charge in [0, 0.05) is 38.8 Å². The van der Waals surface area contributed by atoms with Crippen LogP contribution in [0.4, 0.5) is 0 Å². The van der Waals surface area contributed by atoms with Gasteiger partial charge in [0.15, 0.2) is 0 Å². The number of methoxy groups -OCH3 is 1. The first-order valence-corrected chi connectivity index (χ1v) is 10.4. The van der Waals surface area contributed by atoms with Gasteiger partial charge in [0.1, 0.15) is 5.75 Å². The molecule has 3 rings (SSSR count). The predicted octanol–water partition coefficient (Wildman–Crippen LogP) is 2.56. The van der Waals surface area contributed by atoms with Gasteiger partial charge < -0.3 is 14.5 Å². The molecule has 1 saturated heterocycles. The Morgan fingerprint density at radius 2 is 2.04 bits per heavy atom. The van der Waals surface area contributed by atoms with Crippen LogP contribution in [0, 0.1) is 12.3 Å². The van der Waals surface area contributed by atoms with E-state index in [-0.39, 0.29) is 18.0 Å². The molecular formula is C23H33N3O2. The SMILES string of the molecule is C#CC(=O)N1[C@@H](CCCC)Cc2cc(OC)ccc2[C@@H]1CN1CCN(C)CC1. The van der Waals surface area contributed by atoms with Gasteiger partial charge in [0.25, 0.3) is 5.91 Å². The van der Waals surface area contributed by atoms with Crippen molar-refractivity contribution in [2.75, 3.05) is 46.9 Å². The number of terminal acetylenes is 1. The van der Waals surface area contributed by atoms with Crippen LogP contribution in [0.15, 0.2) is 18.2 Å². The normalized spacial score (nSPS) is 23.1. The quantitative estimate of drug-likeness (QED) is 0.708. The fourth-order valence-electron chi connectivity index (χ4n) is 4.49. The van der Waals surface area contributed by atoms with Crippen molar-refractivity contribution in [2.45, 2.75) is 44.7 Å². The number of piperazine rings is 1. The second kappa shape index (κ2) is 9.45. The van der Waals surface area contributed by atoms with E-state index in [9.17, 15) is 4.79 Å². The highest BCUT2D eigenvalue weighted by Gasteiger charge is 2.38. The van der Waals surface area contributed by atoms with Crippen molar-refractivity contribution in [3.05, 3.63) is 29.3 Å². The number of carbonyl (C=O) groups is 1. The third-order valence-electron chi connectivity index (χ3n) is 6.17. The molecule has 28 heavy (non-hydrogen) atoms. The summed E-state index contributed by atoms with van der Waals surface area (Å²) in [6.45, 7) is 7.19. The van der Waals surface area contributed by atoms with E-state index in [0.29, 0.717) is 0 Å². The van der Waals surface area contributed by atoms with E-state index in [1.807, 2.05) is 11.0 Å². The van der Waals surface area contributed by atoms with E-state index in [2.05, 4.69) is 41.8 Å². The van der Waals surface area contributed by atoms with Crippen LogP contribution in [-0.4, -0.2) is 73.5 Å². The Hall–Kier alpha value is -2.03. The smallest absolute Gasteiger partial charge is 0.299 e. The maximum Gasteiger partial charge on any atom is 0.299 e. The number of rotatable bonds is 6. The van der Waals surface area contributed by atoms with Crippen LogP contribution < -0.4 is 4.74 Å². The molecule has 0 saturated carbocycles. The number of hydrogen-bond donors (Lipinski definition) is 0. The summed E-state index contributed by atoms with van der Waals surface area (Å²) in [6.07, 6.45) is 9.63. The topological polar surface area (TPSA) is 36.0 Å². The second-order valence-electron chi connectivity index (χ2n) is 8.04. The lowest BCUT2D eigenvalue weighted by Gasteiger charge is -2.45. The molecule has 0 N–H and O–H groups in total. The number of hydrogen-bond acceptors (Lipinski definition) is 4. The molecule has 0 aromatic heterocycles. The molecule has 1 aromatic carbocycles. The third-order valence-corrected chi connectivity index (χ3v) is 6.17. The highest BCUT2D eigenvalue weighted by molar-refractivity contribution is 5.93. The summed E-state index contributed by atoms with van der Waals surface area (Å²) in [7, 11) is 3.86. The Morgan fingerprint density at radius 1 is 1.29 bits per heavy atom. The van der Waals surface area contributed by atoms with Gasteiger partial charge in [-0.05, 0) is 49.1 Å². The highest BCUT2D eigenvalue weighted by atomic mass is 16.5. The summed E-state index contributed by atoms with van der Waals surface area (Å²) >= 11 is 0. The van der Waals surface area contributed by atoms with Gasteiger partial charge in [-0.3, -0.25) is 9.69 Å². The van der Waals surface area contributed by atoms with Crippen molar-refractivity contribution in [1.29, 1.82) is 0 Å². The summed E-state index contributed by atoms with van der Waals surface area (Å²) in [5.74, 6) is 3.10. The van der Waals surface area contributed by atoms with Crippen molar-refractivity contribution >= 4 is 5.91 Å². The average molecular weight is 384 g/mol. The first kappa shape index (κ1) is 20.7. The minimum atomic E-state index is -0.179. The first-order valence-electron chi connectivity index (χ1n) is 10.4. The fourth-order valence-corrected chi connectivity index (χ4v) is 4.49. The third kappa shape index (κ3) is 4.51. The largest absolute Gasteiger partial charge is 0.497 e. The molecule has 1 aromatic rings. The van der Waals surface area contributed by atoms with Crippen molar-refractivity contribution in [3.8, 4) is 18.1 Å². The van der Waals surface area contributed by atoms with Crippen molar-refractivity contribution in [1.82, 2.24) is 14.7 Å². The molecule has 0 unspecified atom stereocenters. The van der Waals surface area contributed by atoms with Gasteiger partial charge in [-0.1, -0.05) is 25.8 Å². The molecule has 2 aliphatic rings. The molecule has 0 aliphatic carbocycles. The number of unbranched alkanes of at least 4 members (excludes halogenated alkanes) is 1. The van der Waals surface area contributed by atoms with Crippen molar-refractivity contribution < 1.29 is 9.53 Å². The number of carbonyl (C=O) groups excluding carboxylic acids is 1. The van der Waals surface area contributed by atoms with E-state index in [0.717, 1.165) is 64.2 Å². The van der Waals surface area contributed by atoms with Gasteiger partial charge in [-0.25, -0.2) is 0 Å². The summed E-state index contributed by atoms with van der Waals surface area (Å²) in [5, 5.41) is 0. The van der Waals surface area contributed by atoms with E-state index in [1.54, 1.807) is 7.11 Å². The molecule has 0 bridgehead atoms. The van der Waals surface area contributed by atoms with Crippen molar-refractivity contribution in [2.24, 2.45) is 0 Å². The molecule has 5 heteroatoms. The van der Waals surface area contributed by atoms with Crippen LogP contribution >= 0.6 is 0 Å². The molecular weight excluding hydrogens is 350 g/mol. The Balaban J connectivity index is 1.94. The number of ether oxygens (including phenoxy) is 1. The Kier molecular flexibility index (Phi) is 6.98. The van der Waals surface area contributed by atoms with Gasteiger partial charge >= 0.3 is 0 Å². The molecule has 2 aliphatic heterocycles. The lowest BCUT2D eigenvalue weighted by Crippen LogP contribution is -2.53. The Bertz CT molecular complexity index is 719. The summed E-state index contributed by atoms with van der Waals surface area (Å²) in [4.78, 5) is 19.6. The van der Waals surface area contributed by atoms with E-state index < -0.39 is 0 Å². The number of nitrogens with zero attached hydrogens (tertiary/aromatic N) is 3. The molecule has 1 amide bonds. The maximum atomic E-state index is 12.8. The first-order chi connectivity index (χ1) is 13.6. The van der Waals surface area contributed by atoms with Crippen LogP contribution in [0.25, 0.3) is 0 Å². The minimum Gasteiger partial charge on any atom is -0.497 e. The molecule has 0 radical (unpaired) electrons. The predicted molar refractivity (Wildman–Crippen MR) is 112 cm³/mol. The Morgan fingerprint density at radius 3 is 2.68 bits per heavy atom. The van der Waals surface area contributed by atoms with Crippen LogP contribution in [0.1, 0.15) is 43.4 Å². The van der Waals surface area contributed by atoms with Gasteiger partial charge in [-0.2, -0.15) is 0 Å². The van der Waals surface area contributed by atoms with Crippen LogP contribution in [0.5, 0.6) is 5.75 Å². The zero-order valence-corrected chi connectivity index (χ0v) is 17.5. The summed E-state index contributed by atoms with van der Waals surface area (Å²) in [6, 6.07) is 6.43. The molecule has 1 fully saturated rings. The van der Waals surface area contributed by atoms with Gasteiger partial charge in [0.2, 0.25) is 0 Å². The summed E-state index contributed by atoms with van der Waals surface area (Å²) in [5.41, 5.74) is 2.51. The van der Waals surface area contributed by atoms with Crippen molar-refractivity contribution in [3.63, 3.8) is 0 Å². The molecule has 0 spiro atoms. The van der Waals surface area contributed by atoms with E-state index >= 15 is 0 Å². The van der Waals surface area contributed by atoms with Gasteiger partial charge in [0.05, 0.1) is 13.2 Å². The van der Waals surface area contributed by atoms with E-state index in [1.165, 1.54) is 11.1 Å². The number of benzene rings is 1. The Labute approximate surface area is 169 Å². The highest BCUT2D eigenvalue weighted by Crippen LogP contribution is 2.37. The molecule has 152 valence electrons. The minimum absolute atomic E-state index is 0.00321. The fraction of sp³-hybridized carbons (Fsp3) is 0.609. The van der Waals surface area contributed by atoms with Crippen LogP contribution in [0.3, 0.4) is 0 Å². The molecule has 2 heterocycles. The number of amides is 1. The zero-order valence-electron chi connectivity index (χ0n) is 17.5. The molecule has 2 atom stereocenters. The monoisotopic (exact) mass is 383 g/mol. The number of likely N-dealkylation sites (N-methyl/N-ethyl adjacent to an activating group) is 1. The van der Waals surface area contributed by atoms with Crippen LogP contribution in [0.2, 0.25) is 0 Å². The average Bonchev–Trinajstić information content (AvgIpc) is 2.72. The number of fused-ring (bicyclic) bond motifs is 1. The summed E-state index contributed by atoms with van der Waals surface area (Å²) < 4.78 is 5.46. The lowest BCUT2D eigenvalue weighted by atomic mass is 9.85. The lowest BCUT2D eigenvalue weighted by molar-refractivity contribution is -0.131. The van der Waals surface area contributed by atoms with Gasteiger partial charge in [-0.15, -0.1) is 6.42 Å².